The van der Waals surface area contributed by atoms with Crippen molar-refractivity contribution in [3.05, 3.63) is 0 Å². The zero-order chi connectivity index (χ0) is 11.7. The van der Waals surface area contributed by atoms with Crippen LogP contribution < -0.4 is 0 Å². The fourth-order valence-corrected chi connectivity index (χ4v) is 2.41. The van der Waals surface area contributed by atoms with Crippen LogP contribution in [0.25, 0.3) is 0 Å². The van der Waals surface area contributed by atoms with Gasteiger partial charge in [0.15, 0.2) is 0 Å². The van der Waals surface area contributed by atoms with Gasteiger partial charge < -0.3 is 4.74 Å². The molecule has 2 atom stereocenters. The van der Waals surface area contributed by atoms with E-state index >= 15 is 0 Å². The molecule has 1 saturated carbocycles. The first-order valence-electron chi connectivity index (χ1n) is 6.08. The molecule has 1 aliphatic carbocycles. The number of nitrogens with zero attached hydrogens (tertiary/aromatic N) is 1. The average molecular weight is 225 g/mol. The molecule has 0 amide bonds. The lowest BCUT2D eigenvalue weighted by Crippen LogP contribution is -2.50. The molecule has 4 heteroatoms. The smallest absolute Gasteiger partial charge is 0.317 e. The van der Waals surface area contributed by atoms with Gasteiger partial charge in [0, 0.05) is 25.0 Å². The minimum Gasteiger partial charge on any atom is -0.465 e. The number of ketones is 1. The highest BCUT2D eigenvalue weighted by atomic mass is 16.5. The Bertz CT molecular complexity index is 291. The number of carbonyl (C=O) groups is 2. The van der Waals surface area contributed by atoms with Gasteiger partial charge in [0.2, 0.25) is 0 Å². The van der Waals surface area contributed by atoms with Crippen LogP contribution in [0, 0.1) is 5.92 Å². The highest BCUT2D eigenvalue weighted by molar-refractivity contribution is 6.00. The first kappa shape index (κ1) is 11.6. The third-order valence-corrected chi connectivity index (χ3v) is 3.43. The molecule has 90 valence electrons. The molecule has 0 aromatic rings. The average Bonchev–Trinajstić information content (AvgIpc) is 3.01. The molecule has 16 heavy (non-hydrogen) atoms. The van der Waals surface area contributed by atoms with Gasteiger partial charge in [-0.15, -0.1) is 0 Å². The molecule has 0 N–H and O–H groups in total. The molecular weight excluding hydrogens is 206 g/mol. The maximum Gasteiger partial charge on any atom is 0.317 e. The standard InChI is InChI=1S/C12H19NO3/c1-3-16-12(15)10-7-13(9-4-5-9)8(2)6-11(10)14/h8-10H,3-7H2,1-2H3. The molecule has 0 aromatic carbocycles. The van der Waals surface area contributed by atoms with Gasteiger partial charge in [-0.25, -0.2) is 0 Å². The molecule has 1 aliphatic heterocycles. The van der Waals surface area contributed by atoms with Crippen molar-refractivity contribution in [2.45, 2.75) is 45.2 Å². The zero-order valence-corrected chi connectivity index (χ0v) is 9.94. The molecule has 1 heterocycles. The van der Waals surface area contributed by atoms with Gasteiger partial charge in [0.05, 0.1) is 6.61 Å². The number of ether oxygens (including phenoxy) is 1. The van der Waals surface area contributed by atoms with Gasteiger partial charge in [-0.05, 0) is 26.7 Å². The van der Waals surface area contributed by atoms with Crippen LogP contribution in [0.15, 0.2) is 0 Å². The van der Waals surface area contributed by atoms with Crippen molar-refractivity contribution in [1.82, 2.24) is 4.90 Å². The minimum atomic E-state index is -0.545. The summed E-state index contributed by atoms with van der Waals surface area (Å²) in [5.74, 6) is -0.843. The summed E-state index contributed by atoms with van der Waals surface area (Å²) in [6.07, 6.45) is 2.89. The van der Waals surface area contributed by atoms with E-state index in [1.165, 1.54) is 12.8 Å². The Morgan fingerprint density at radius 3 is 2.75 bits per heavy atom. The summed E-state index contributed by atoms with van der Waals surface area (Å²) < 4.78 is 4.95. The van der Waals surface area contributed by atoms with Crippen molar-refractivity contribution in [1.29, 1.82) is 0 Å². The number of likely N-dealkylation sites (tertiary alicyclic amines) is 1. The molecule has 0 bridgehead atoms. The van der Waals surface area contributed by atoms with Crippen LogP contribution in [-0.2, 0) is 14.3 Å². The lowest BCUT2D eigenvalue weighted by Gasteiger charge is -2.36. The molecule has 0 radical (unpaired) electrons. The largest absolute Gasteiger partial charge is 0.465 e. The minimum absolute atomic E-state index is 0.0443. The fraction of sp³-hybridized carbons (Fsp3) is 0.833. The lowest BCUT2D eigenvalue weighted by molar-refractivity contribution is -0.154. The number of hydrogen-bond donors (Lipinski definition) is 0. The van der Waals surface area contributed by atoms with Crippen LogP contribution in [0.1, 0.15) is 33.1 Å². The molecule has 2 fully saturated rings. The van der Waals surface area contributed by atoms with Crippen molar-refractivity contribution in [3.63, 3.8) is 0 Å². The molecule has 2 aliphatic rings. The Hall–Kier alpha value is -0.900. The molecule has 2 rings (SSSR count). The Labute approximate surface area is 95.9 Å². The number of esters is 1. The van der Waals surface area contributed by atoms with Crippen molar-refractivity contribution >= 4 is 11.8 Å². The summed E-state index contributed by atoms with van der Waals surface area (Å²) in [6, 6.07) is 0.880. The Morgan fingerprint density at radius 2 is 2.19 bits per heavy atom. The van der Waals surface area contributed by atoms with E-state index in [9.17, 15) is 9.59 Å². The summed E-state index contributed by atoms with van der Waals surface area (Å²) >= 11 is 0. The second-order valence-electron chi connectivity index (χ2n) is 4.75. The molecule has 0 spiro atoms. The maximum absolute atomic E-state index is 11.8. The van der Waals surface area contributed by atoms with Crippen LogP contribution in [0.4, 0.5) is 0 Å². The van der Waals surface area contributed by atoms with E-state index in [0.29, 0.717) is 25.6 Å². The molecule has 2 unspecified atom stereocenters. The van der Waals surface area contributed by atoms with Crippen molar-refractivity contribution in [3.8, 4) is 0 Å². The van der Waals surface area contributed by atoms with Gasteiger partial charge in [0.25, 0.3) is 0 Å². The van der Waals surface area contributed by atoms with E-state index in [0.717, 1.165) is 0 Å². The fourth-order valence-electron chi connectivity index (χ4n) is 2.41. The van der Waals surface area contributed by atoms with Gasteiger partial charge >= 0.3 is 5.97 Å². The van der Waals surface area contributed by atoms with E-state index in [2.05, 4.69) is 11.8 Å². The Balaban J connectivity index is 2.01. The highest BCUT2D eigenvalue weighted by Crippen LogP contribution is 2.33. The van der Waals surface area contributed by atoms with Crippen LogP contribution in [0.3, 0.4) is 0 Å². The van der Waals surface area contributed by atoms with Gasteiger partial charge in [0.1, 0.15) is 11.7 Å². The predicted molar refractivity (Wildman–Crippen MR) is 58.9 cm³/mol. The van der Waals surface area contributed by atoms with E-state index in [4.69, 9.17) is 4.74 Å². The van der Waals surface area contributed by atoms with Gasteiger partial charge in [-0.1, -0.05) is 0 Å². The lowest BCUT2D eigenvalue weighted by atomic mass is 9.92. The second-order valence-corrected chi connectivity index (χ2v) is 4.75. The van der Waals surface area contributed by atoms with Gasteiger partial charge in [-0.2, -0.15) is 0 Å². The molecule has 0 aromatic heterocycles. The van der Waals surface area contributed by atoms with Crippen molar-refractivity contribution < 1.29 is 14.3 Å². The van der Waals surface area contributed by atoms with Gasteiger partial charge in [-0.3, -0.25) is 14.5 Å². The summed E-state index contributed by atoms with van der Waals surface area (Å²) in [4.78, 5) is 25.7. The predicted octanol–water partition coefficient (Wildman–Crippen LogP) is 0.991. The number of piperidine rings is 1. The third kappa shape index (κ3) is 2.26. The van der Waals surface area contributed by atoms with E-state index in [1.54, 1.807) is 6.92 Å². The number of hydrogen-bond acceptors (Lipinski definition) is 4. The Kier molecular flexibility index (Phi) is 3.28. The number of carbonyl (C=O) groups excluding carboxylic acids is 2. The quantitative estimate of drug-likeness (QED) is 0.531. The topological polar surface area (TPSA) is 46.6 Å². The van der Waals surface area contributed by atoms with E-state index in [-0.39, 0.29) is 17.8 Å². The van der Waals surface area contributed by atoms with Crippen LogP contribution in [-0.4, -0.2) is 41.9 Å². The Morgan fingerprint density at radius 1 is 1.50 bits per heavy atom. The maximum atomic E-state index is 11.8. The summed E-state index contributed by atoms with van der Waals surface area (Å²) in [6.45, 7) is 4.75. The molecular formula is C12H19NO3. The van der Waals surface area contributed by atoms with Crippen LogP contribution in [0.2, 0.25) is 0 Å². The highest BCUT2D eigenvalue weighted by Gasteiger charge is 2.42. The third-order valence-electron chi connectivity index (χ3n) is 3.43. The zero-order valence-electron chi connectivity index (χ0n) is 9.94. The van der Waals surface area contributed by atoms with Crippen molar-refractivity contribution in [2.24, 2.45) is 5.92 Å². The molecule has 4 nitrogen and oxygen atoms in total. The van der Waals surface area contributed by atoms with Crippen LogP contribution >= 0.6 is 0 Å². The monoisotopic (exact) mass is 225 g/mol. The summed E-state index contributed by atoms with van der Waals surface area (Å²) in [7, 11) is 0. The van der Waals surface area contributed by atoms with E-state index < -0.39 is 5.92 Å². The van der Waals surface area contributed by atoms with Crippen LogP contribution in [0.5, 0.6) is 0 Å². The number of rotatable bonds is 3. The summed E-state index contributed by atoms with van der Waals surface area (Å²) in [5, 5.41) is 0. The van der Waals surface area contributed by atoms with E-state index in [1.807, 2.05) is 0 Å². The SMILES string of the molecule is CCOC(=O)C1CN(C2CC2)C(C)CC1=O. The first-order chi connectivity index (χ1) is 7.63. The van der Waals surface area contributed by atoms with Crippen molar-refractivity contribution in [2.75, 3.05) is 13.2 Å². The number of Topliss-reactive ketones (excluding diaryl/α,β-unsaturated/α-hetero) is 1. The molecule has 1 saturated heterocycles. The normalized spacial score (nSPS) is 31.5. The second kappa shape index (κ2) is 4.53. The summed E-state index contributed by atoms with van der Waals surface area (Å²) in [5.41, 5.74) is 0. The first-order valence-corrected chi connectivity index (χ1v) is 6.08.